The van der Waals surface area contributed by atoms with Crippen molar-refractivity contribution in [3.05, 3.63) is 71.3 Å². The molecular formula is C18H22N2O2. The lowest BCUT2D eigenvalue weighted by molar-refractivity contribution is 0.184. The zero-order valence-corrected chi connectivity index (χ0v) is 13.0. The predicted octanol–water partition coefficient (Wildman–Crippen LogP) is 3.39. The van der Waals surface area contributed by atoms with Crippen molar-refractivity contribution in [2.24, 2.45) is 0 Å². The lowest BCUT2D eigenvalue weighted by atomic mass is 10.1. The standard InChI is InChI=1S/C18H22N2O2/c1-14(15-8-4-3-5-9-15)20-18(21)19-12-16-10-6-7-11-17(16)13-22-2/h3-11,14H,12-13H2,1-2H3,(H2,19,20,21). The average molecular weight is 298 g/mol. The van der Waals surface area contributed by atoms with Crippen molar-refractivity contribution in [3.8, 4) is 0 Å². The van der Waals surface area contributed by atoms with Gasteiger partial charge in [-0.3, -0.25) is 0 Å². The van der Waals surface area contributed by atoms with Gasteiger partial charge in [-0.1, -0.05) is 54.6 Å². The molecule has 22 heavy (non-hydrogen) atoms. The van der Waals surface area contributed by atoms with Crippen molar-refractivity contribution in [1.29, 1.82) is 0 Å². The largest absolute Gasteiger partial charge is 0.380 e. The molecule has 0 fully saturated rings. The summed E-state index contributed by atoms with van der Waals surface area (Å²) in [6, 6.07) is 17.6. The fraction of sp³-hybridized carbons (Fsp3) is 0.278. The molecule has 0 spiro atoms. The van der Waals surface area contributed by atoms with Crippen LogP contribution in [-0.4, -0.2) is 13.1 Å². The Labute approximate surface area is 131 Å². The quantitative estimate of drug-likeness (QED) is 0.859. The number of carbonyl (C=O) groups is 1. The number of benzene rings is 2. The number of urea groups is 1. The van der Waals surface area contributed by atoms with Crippen LogP contribution >= 0.6 is 0 Å². The first-order valence-electron chi connectivity index (χ1n) is 7.35. The minimum Gasteiger partial charge on any atom is -0.380 e. The number of amides is 2. The molecule has 0 aliphatic heterocycles. The average Bonchev–Trinajstić information content (AvgIpc) is 2.55. The van der Waals surface area contributed by atoms with Gasteiger partial charge in [-0.05, 0) is 23.6 Å². The number of ether oxygens (including phenoxy) is 1. The van der Waals surface area contributed by atoms with Gasteiger partial charge in [0.1, 0.15) is 0 Å². The summed E-state index contributed by atoms with van der Waals surface area (Å²) in [6.07, 6.45) is 0. The van der Waals surface area contributed by atoms with E-state index < -0.39 is 0 Å². The number of methoxy groups -OCH3 is 1. The maximum Gasteiger partial charge on any atom is 0.315 e. The van der Waals surface area contributed by atoms with Gasteiger partial charge in [-0.25, -0.2) is 4.79 Å². The molecular weight excluding hydrogens is 276 g/mol. The van der Waals surface area contributed by atoms with Crippen LogP contribution in [0.3, 0.4) is 0 Å². The number of hydrogen-bond donors (Lipinski definition) is 2. The van der Waals surface area contributed by atoms with Gasteiger partial charge in [-0.2, -0.15) is 0 Å². The van der Waals surface area contributed by atoms with Gasteiger partial charge < -0.3 is 15.4 Å². The predicted molar refractivity (Wildman–Crippen MR) is 87.4 cm³/mol. The normalized spacial score (nSPS) is 11.7. The van der Waals surface area contributed by atoms with Gasteiger partial charge in [-0.15, -0.1) is 0 Å². The molecule has 2 aromatic carbocycles. The van der Waals surface area contributed by atoms with Gasteiger partial charge in [0.2, 0.25) is 0 Å². The van der Waals surface area contributed by atoms with Crippen molar-refractivity contribution < 1.29 is 9.53 Å². The third kappa shape index (κ3) is 4.60. The van der Waals surface area contributed by atoms with E-state index in [1.54, 1.807) is 7.11 Å². The molecule has 0 aliphatic carbocycles. The van der Waals surface area contributed by atoms with Gasteiger partial charge in [0, 0.05) is 13.7 Å². The molecule has 2 amide bonds. The minimum absolute atomic E-state index is 0.0320. The summed E-state index contributed by atoms with van der Waals surface area (Å²) in [5.41, 5.74) is 3.23. The summed E-state index contributed by atoms with van der Waals surface area (Å²) in [5.74, 6) is 0. The van der Waals surface area contributed by atoms with Crippen LogP contribution in [0, 0.1) is 0 Å². The number of hydrogen-bond acceptors (Lipinski definition) is 2. The van der Waals surface area contributed by atoms with Crippen LogP contribution in [0.5, 0.6) is 0 Å². The van der Waals surface area contributed by atoms with E-state index in [0.29, 0.717) is 13.2 Å². The van der Waals surface area contributed by atoms with Gasteiger partial charge >= 0.3 is 6.03 Å². The van der Waals surface area contributed by atoms with Gasteiger partial charge in [0.15, 0.2) is 0 Å². The Morgan fingerprint density at radius 1 is 1.05 bits per heavy atom. The second-order valence-electron chi connectivity index (χ2n) is 5.16. The first-order valence-corrected chi connectivity index (χ1v) is 7.35. The Kier molecular flexibility index (Phi) is 5.98. The Balaban J connectivity index is 1.88. The Morgan fingerprint density at radius 2 is 1.68 bits per heavy atom. The topological polar surface area (TPSA) is 50.4 Å². The van der Waals surface area contributed by atoms with Crippen molar-refractivity contribution in [1.82, 2.24) is 10.6 Å². The minimum atomic E-state index is -0.177. The molecule has 2 aromatic rings. The molecule has 1 unspecified atom stereocenters. The fourth-order valence-corrected chi connectivity index (χ4v) is 2.27. The number of carbonyl (C=O) groups excluding carboxylic acids is 1. The molecule has 0 aromatic heterocycles. The van der Waals surface area contributed by atoms with E-state index in [0.717, 1.165) is 16.7 Å². The van der Waals surface area contributed by atoms with Crippen molar-refractivity contribution in [3.63, 3.8) is 0 Å². The maximum atomic E-state index is 12.0. The lowest BCUT2D eigenvalue weighted by Gasteiger charge is -2.16. The zero-order valence-electron chi connectivity index (χ0n) is 13.0. The molecule has 4 nitrogen and oxygen atoms in total. The SMILES string of the molecule is COCc1ccccc1CNC(=O)NC(C)c1ccccc1. The molecule has 0 heterocycles. The van der Waals surface area contributed by atoms with E-state index in [1.165, 1.54) is 0 Å². The van der Waals surface area contributed by atoms with Crippen LogP contribution < -0.4 is 10.6 Å². The summed E-state index contributed by atoms with van der Waals surface area (Å²) < 4.78 is 5.17. The first-order chi connectivity index (χ1) is 10.7. The molecule has 2 N–H and O–H groups in total. The highest BCUT2D eigenvalue weighted by Gasteiger charge is 2.09. The molecule has 0 bridgehead atoms. The number of rotatable bonds is 6. The van der Waals surface area contributed by atoms with Crippen LogP contribution in [0.4, 0.5) is 4.79 Å². The van der Waals surface area contributed by atoms with Crippen LogP contribution in [0.1, 0.15) is 29.7 Å². The summed E-state index contributed by atoms with van der Waals surface area (Å²) in [5, 5.41) is 5.83. The molecule has 0 saturated heterocycles. The molecule has 4 heteroatoms. The molecule has 0 radical (unpaired) electrons. The molecule has 2 rings (SSSR count). The van der Waals surface area contributed by atoms with Crippen LogP contribution in [0.2, 0.25) is 0 Å². The van der Waals surface area contributed by atoms with E-state index >= 15 is 0 Å². The Morgan fingerprint density at radius 3 is 2.36 bits per heavy atom. The maximum absolute atomic E-state index is 12.0. The summed E-state index contributed by atoms with van der Waals surface area (Å²) in [6.45, 7) is 2.99. The van der Waals surface area contributed by atoms with E-state index in [1.807, 2.05) is 61.5 Å². The van der Waals surface area contributed by atoms with Crippen LogP contribution in [-0.2, 0) is 17.9 Å². The number of nitrogens with one attached hydrogen (secondary N) is 2. The second-order valence-corrected chi connectivity index (χ2v) is 5.16. The smallest absolute Gasteiger partial charge is 0.315 e. The Bertz CT molecular complexity index is 599. The molecule has 1 atom stereocenters. The third-order valence-electron chi connectivity index (χ3n) is 3.50. The monoisotopic (exact) mass is 298 g/mol. The van der Waals surface area contributed by atoms with Gasteiger partial charge in [0.25, 0.3) is 0 Å². The van der Waals surface area contributed by atoms with E-state index in [4.69, 9.17) is 4.74 Å². The zero-order chi connectivity index (χ0) is 15.8. The highest BCUT2D eigenvalue weighted by Crippen LogP contribution is 2.12. The third-order valence-corrected chi connectivity index (χ3v) is 3.50. The summed E-state index contributed by atoms with van der Waals surface area (Å²) >= 11 is 0. The fourth-order valence-electron chi connectivity index (χ4n) is 2.27. The van der Waals surface area contributed by atoms with Crippen LogP contribution in [0.25, 0.3) is 0 Å². The lowest BCUT2D eigenvalue weighted by Crippen LogP contribution is -2.36. The second kappa shape index (κ2) is 8.20. The van der Waals surface area contributed by atoms with Crippen molar-refractivity contribution in [2.75, 3.05) is 7.11 Å². The van der Waals surface area contributed by atoms with Gasteiger partial charge in [0.05, 0.1) is 12.6 Å². The molecule has 0 saturated carbocycles. The van der Waals surface area contributed by atoms with Crippen molar-refractivity contribution >= 4 is 6.03 Å². The highest BCUT2D eigenvalue weighted by atomic mass is 16.5. The Hall–Kier alpha value is -2.33. The first kappa shape index (κ1) is 16.0. The van der Waals surface area contributed by atoms with E-state index in [2.05, 4.69) is 10.6 Å². The van der Waals surface area contributed by atoms with E-state index in [9.17, 15) is 4.79 Å². The molecule has 0 aliphatic rings. The summed E-state index contributed by atoms with van der Waals surface area (Å²) in [7, 11) is 1.67. The van der Waals surface area contributed by atoms with Crippen molar-refractivity contribution in [2.45, 2.75) is 26.1 Å². The molecule has 116 valence electrons. The van der Waals surface area contributed by atoms with Crippen LogP contribution in [0.15, 0.2) is 54.6 Å². The highest BCUT2D eigenvalue weighted by molar-refractivity contribution is 5.74. The summed E-state index contributed by atoms with van der Waals surface area (Å²) in [4.78, 5) is 12.0. The van der Waals surface area contributed by atoms with E-state index in [-0.39, 0.29) is 12.1 Å².